The molecule has 0 aliphatic carbocycles. The summed E-state index contributed by atoms with van der Waals surface area (Å²) < 4.78 is 0.916. The number of fused-ring (bicyclic) bond motifs is 1. The van der Waals surface area contributed by atoms with E-state index in [0.29, 0.717) is 17.8 Å². The minimum Gasteiger partial charge on any atom is -0.350 e. The third-order valence-corrected chi connectivity index (χ3v) is 6.09. The van der Waals surface area contributed by atoms with Gasteiger partial charge in [-0.3, -0.25) is 4.79 Å². The average Bonchev–Trinajstić information content (AvgIpc) is 3.34. The van der Waals surface area contributed by atoms with Crippen LogP contribution in [0.3, 0.4) is 0 Å². The molecule has 1 aliphatic heterocycles. The van der Waals surface area contributed by atoms with Crippen LogP contribution < -0.4 is 10.2 Å². The molecule has 7 heteroatoms. The van der Waals surface area contributed by atoms with Gasteiger partial charge in [0, 0.05) is 19.3 Å². The predicted molar refractivity (Wildman–Crippen MR) is 106 cm³/mol. The molecule has 0 saturated carbocycles. The van der Waals surface area contributed by atoms with E-state index in [2.05, 4.69) is 26.3 Å². The highest BCUT2D eigenvalue weighted by Gasteiger charge is 2.32. The number of carbonyl (C=O) groups is 1. The summed E-state index contributed by atoms with van der Waals surface area (Å²) in [5.41, 5.74) is 3.19. The average molecular weight is 377 g/mol. The smallest absolute Gasteiger partial charge is 0.243 e. The third-order valence-electron chi connectivity index (χ3n) is 4.89. The minimum atomic E-state index is -0.218. The molecule has 2 aromatic heterocycles. The van der Waals surface area contributed by atoms with Gasteiger partial charge < -0.3 is 10.2 Å². The molecule has 1 amide bonds. The van der Waals surface area contributed by atoms with Crippen LogP contribution in [0.25, 0.3) is 10.3 Å². The molecule has 1 fully saturated rings. The molecule has 0 unspecified atom stereocenters. The molecular weight excluding hydrogens is 358 g/mol. The molecule has 6 nitrogen and oxygen atoms in total. The van der Waals surface area contributed by atoms with Crippen molar-refractivity contribution in [3.05, 3.63) is 53.2 Å². The molecular formula is C20H19N5OS. The van der Waals surface area contributed by atoms with Crippen LogP contribution >= 0.6 is 11.3 Å². The van der Waals surface area contributed by atoms with Crippen LogP contribution in [-0.2, 0) is 11.3 Å². The van der Waals surface area contributed by atoms with E-state index in [-0.39, 0.29) is 11.9 Å². The number of aryl methyl sites for hydroxylation is 1. The molecule has 4 rings (SSSR count). The number of rotatable bonds is 4. The molecule has 0 radical (unpaired) electrons. The Labute approximate surface area is 161 Å². The lowest BCUT2D eigenvalue weighted by atomic mass is 10.2. The maximum atomic E-state index is 12.8. The Bertz CT molecular complexity index is 1020. The number of hydrogen-bond acceptors (Lipinski definition) is 6. The van der Waals surface area contributed by atoms with Crippen molar-refractivity contribution >= 4 is 32.7 Å². The Balaban J connectivity index is 1.54. The number of carbonyl (C=O) groups excluding carboxylic acids is 1. The molecule has 3 heterocycles. The topological polar surface area (TPSA) is 81.9 Å². The summed E-state index contributed by atoms with van der Waals surface area (Å²) in [7, 11) is 0. The zero-order chi connectivity index (χ0) is 18.8. The van der Waals surface area contributed by atoms with Crippen molar-refractivity contribution in [1.82, 2.24) is 15.3 Å². The molecule has 0 spiro atoms. The zero-order valence-electron chi connectivity index (χ0n) is 15.0. The Kier molecular flexibility index (Phi) is 4.73. The first-order valence-electron chi connectivity index (χ1n) is 8.92. The molecule has 136 valence electrons. The van der Waals surface area contributed by atoms with E-state index in [9.17, 15) is 10.1 Å². The number of hydrogen-bond donors (Lipinski definition) is 1. The van der Waals surface area contributed by atoms with Crippen molar-refractivity contribution in [2.45, 2.75) is 32.4 Å². The Morgan fingerprint density at radius 3 is 3.00 bits per heavy atom. The molecule has 1 saturated heterocycles. The summed E-state index contributed by atoms with van der Waals surface area (Å²) in [6, 6.07) is 11.8. The second-order valence-corrected chi connectivity index (χ2v) is 7.59. The van der Waals surface area contributed by atoms with Gasteiger partial charge >= 0.3 is 0 Å². The van der Waals surface area contributed by atoms with E-state index in [1.807, 2.05) is 37.3 Å². The monoisotopic (exact) mass is 377 g/mol. The van der Waals surface area contributed by atoms with Gasteiger partial charge in [0.25, 0.3) is 0 Å². The van der Waals surface area contributed by atoms with Crippen LogP contribution in [0, 0.1) is 18.3 Å². The van der Waals surface area contributed by atoms with E-state index < -0.39 is 0 Å². The molecule has 0 bridgehead atoms. The van der Waals surface area contributed by atoms with E-state index >= 15 is 0 Å². The first-order chi connectivity index (χ1) is 13.2. The number of aromatic nitrogens is 2. The number of nitriles is 1. The number of amides is 1. The fourth-order valence-electron chi connectivity index (χ4n) is 3.38. The molecule has 1 atom stereocenters. The summed E-state index contributed by atoms with van der Waals surface area (Å²) in [5, 5.41) is 13.0. The van der Waals surface area contributed by atoms with Gasteiger partial charge in [-0.15, -0.1) is 0 Å². The Morgan fingerprint density at radius 1 is 1.41 bits per heavy atom. The summed E-state index contributed by atoms with van der Waals surface area (Å²) >= 11 is 1.51. The largest absolute Gasteiger partial charge is 0.350 e. The number of benzene rings is 1. The number of pyridine rings is 1. The normalized spacial score (nSPS) is 16.4. The fraction of sp³-hybridized carbons (Fsp3) is 0.300. The highest BCUT2D eigenvalue weighted by atomic mass is 32.1. The third kappa shape index (κ3) is 3.36. The van der Waals surface area contributed by atoms with E-state index in [1.54, 1.807) is 6.20 Å². The number of nitrogens with zero attached hydrogens (tertiary/aromatic N) is 4. The van der Waals surface area contributed by atoms with Gasteiger partial charge in [-0.2, -0.15) is 10.2 Å². The Morgan fingerprint density at radius 2 is 2.22 bits per heavy atom. The molecule has 1 aromatic carbocycles. The van der Waals surface area contributed by atoms with Crippen LogP contribution in [0.2, 0.25) is 0 Å². The molecule has 1 N–H and O–H groups in total. The van der Waals surface area contributed by atoms with Crippen molar-refractivity contribution in [3.8, 4) is 6.07 Å². The first kappa shape index (κ1) is 17.4. The van der Waals surface area contributed by atoms with Gasteiger partial charge in [0.1, 0.15) is 12.1 Å². The zero-order valence-corrected chi connectivity index (χ0v) is 15.8. The summed E-state index contributed by atoms with van der Waals surface area (Å²) in [5.74, 6) is 0.0259. The molecule has 3 aromatic rings. The standard InChI is InChI=1S/C20H19N5OS/c1-13-15(10-21)12-22-18-17(13)27-20(24-18)25-9-5-8-16(25)19(26)23-11-14-6-3-2-4-7-14/h2-4,6-7,12,16H,5,8-9,11H2,1H3,(H,23,26)/t16-/m1/s1. The quantitative estimate of drug-likeness (QED) is 0.755. The summed E-state index contributed by atoms with van der Waals surface area (Å²) in [6.07, 6.45) is 3.33. The highest BCUT2D eigenvalue weighted by Crippen LogP contribution is 2.34. The van der Waals surface area contributed by atoms with E-state index in [4.69, 9.17) is 0 Å². The predicted octanol–water partition coefficient (Wildman–Crippen LogP) is 3.16. The lowest BCUT2D eigenvalue weighted by Gasteiger charge is -2.23. The van der Waals surface area contributed by atoms with Crippen LogP contribution in [0.1, 0.15) is 29.5 Å². The van der Waals surface area contributed by atoms with Crippen molar-refractivity contribution < 1.29 is 4.79 Å². The van der Waals surface area contributed by atoms with Crippen LogP contribution in [0.15, 0.2) is 36.5 Å². The van der Waals surface area contributed by atoms with Crippen LogP contribution in [-0.4, -0.2) is 28.5 Å². The second-order valence-electron chi connectivity index (χ2n) is 6.61. The maximum Gasteiger partial charge on any atom is 0.243 e. The van der Waals surface area contributed by atoms with Crippen molar-refractivity contribution in [2.24, 2.45) is 0 Å². The van der Waals surface area contributed by atoms with Gasteiger partial charge in [-0.1, -0.05) is 41.7 Å². The van der Waals surface area contributed by atoms with Crippen LogP contribution in [0.5, 0.6) is 0 Å². The van der Waals surface area contributed by atoms with Gasteiger partial charge in [-0.05, 0) is 30.9 Å². The lowest BCUT2D eigenvalue weighted by molar-refractivity contribution is -0.122. The van der Waals surface area contributed by atoms with Crippen LogP contribution in [0.4, 0.5) is 5.13 Å². The second kappa shape index (κ2) is 7.33. The van der Waals surface area contributed by atoms with Gasteiger partial charge in [0.15, 0.2) is 10.8 Å². The van der Waals surface area contributed by atoms with E-state index in [1.165, 1.54) is 11.3 Å². The van der Waals surface area contributed by atoms with Gasteiger partial charge in [0.2, 0.25) is 5.91 Å². The first-order valence-corrected chi connectivity index (χ1v) is 9.73. The lowest BCUT2D eigenvalue weighted by Crippen LogP contribution is -2.43. The van der Waals surface area contributed by atoms with Crippen molar-refractivity contribution in [3.63, 3.8) is 0 Å². The summed E-state index contributed by atoms with van der Waals surface area (Å²) in [6.45, 7) is 3.24. The summed E-state index contributed by atoms with van der Waals surface area (Å²) in [4.78, 5) is 23.7. The SMILES string of the molecule is Cc1c(C#N)cnc2nc(N3CCC[C@@H]3C(=O)NCc3ccccc3)sc12. The van der Waals surface area contributed by atoms with Crippen molar-refractivity contribution in [2.75, 3.05) is 11.4 Å². The van der Waals surface area contributed by atoms with Gasteiger partial charge in [0.05, 0.1) is 10.3 Å². The number of anilines is 1. The van der Waals surface area contributed by atoms with Gasteiger partial charge in [-0.25, -0.2) is 4.98 Å². The Hall–Kier alpha value is -2.98. The minimum absolute atomic E-state index is 0.0259. The molecule has 27 heavy (non-hydrogen) atoms. The fourth-order valence-corrected chi connectivity index (χ4v) is 4.49. The number of thiazole rings is 1. The highest BCUT2D eigenvalue weighted by molar-refractivity contribution is 7.22. The number of nitrogens with one attached hydrogen (secondary N) is 1. The maximum absolute atomic E-state index is 12.8. The molecule has 1 aliphatic rings. The van der Waals surface area contributed by atoms with Crippen molar-refractivity contribution in [1.29, 1.82) is 5.26 Å². The van der Waals surface area contributed by atoms with E-state index in [0.717, 1.165) is 40.3 Å².